The first-order valence-corrected chi connectivity index (χ1v) is 10.1. The van der Waals surface area contributed by atoms with Crippen LogP contribution in [0.4, 0.5) is 0 Å². The summed E-state index contributed by atoms with van der Waals surface area (Å²) in [5, 5.41) is 4.49. The third-order valence-corrected chi connectivity index (χ3v) is 4.29. The fourth-order valence-electron chi connectivity index (χ4n) is 2.14. The summed E-state index contributed by atoms with van der Waals surface area (Å²) in [7, 11) is 0. The van der Waals surface area contributed by atoms with Crippen molar-refractivity contribution in [3.05, 3.63) is 31.7 Å². The first kappa shape index (κ1) is 22.3. The van der Waals surface area contributed by atoms with Crippen molar-refractivity contribution in [1.82, 2.24) is 0 Å². The lowest BCUT2D eigenvalue weighted by Crippen LogP contribution is -2.09. The fraction of sp³-hybridized carbons (Fsp3) is 0.500. The molecule has 4 nitrogen and oxygen atoms in total. The zero-order valence-electron chi connectivity index (χ0n) is 15.0. The Morgan fingerprint density at radius 2 is 1.88 bits per heavy atom. The number of nitrogens with zero attached hydrogens (tertiary/aromatic N) is 1. The molecule has 25 heavy (non-hydrogen) atoms. The van der Waals surface area contributed by atoms with Crippen molar-refractivity contribution in [2.24, 2.45) is 5.16 Å². The molecule has 7 heteroatoms. The molecule has 1 aromatic rings. The zero-order valence-corrected chi connectivity index (χ0v) is 18.9. The van der Waals surface area contributed by atoms with Crippen molar-refractivity contribution in [3.63, 3.8) is 0 Å². The van der Waals surface area contributed by atoms with Crippen LogP contribution in [0.2, 0.25) is 5.02 Å². The Bertz CT molecular complexity index is 625. The van der Waals surface area contributed by atoms with Gasteiger partial charge in [0, 0.05) is 5.56 Å². The highest BCUT2D eigenvalue weighted by Gasteiger charge is 2.17. The van der Waals surface area contributed by atoms with E-state index in [0.29, 0.717) is 30.6 Å². The Balaban J connectivity index is 2.94. The van der Waals surface area contributed by atoms with Crippen LogP contribution in [0.15, 0.2) is 20.7 Å². The summed E-state index contributed by atoms with van der Waals surface area (Å²) in [6.45, 7) is 9.10. The number of rotatable bonds is 10. The quantitative estimate of drug-likeness (QED) is 0.217. The molecule has 0 spiro atoms. The minimum absolute atomic E-state index is 0.386. The van der Waals surface area contributed by atoms with Gasteiger partial charge in [-0.25, -0.2) is 0 Å². The van der Waals surface area contributed by atoms with Crippen molar-refractivity contribution in [2.45, 2.75) is 40.5 Å². The van der Waals surface area contributed by atoms with E-state index in [9.17, 15) is 0 Å². The Morgan fingerprint density at radius 3 is 2.44 bits per heavy atom. The molecule has 1 rings (SSSR count). The first-order chi connectivity index (χ1) is 11.9. The highest BCUT2D eigenvalue weighted by Crippen LogP contribution is 2.39. The Hall–Kier alpha value is -0.720. The van der Waals surface area contributed by atoms with Gasteiger partial charge in [0.15, 0.2) is 6.61 Å². The van der Waals surface area contributed by atoms with E-state index in [4.69, 9.17) is 25.9 Å². The molecule has 0 aliphatic rings. The summed E-state index contributed by atoms with van der Waals surface area (Å²) >= 11 is 13.2. The SMILES string of the molecule is CCc1cc(OCC=C(Br)Br)c(Cl)c(CC)c1OCCON=C(C)C. The third-order valence-electron chi connectivity index (χ3n) is 3.23. The maximum absolute atomic E-state index is 6.54. The van der Waals surface area contributed by atoms with Gasteiger partial charge in [0.2, 0.25) is 0 Å². The monoisotopic (exact) mass is 495 g/mol. The van der Waals surface area contributed by atoms with Crippen LogP contribution < -0.4 is 9.47 Å². The molecular formula is C18H24Br2ClNO3. The first-order valence-electron chi connectivity index (χ1n) is 8.14. The number of oxime groups is 1. The maximum atomic E-state index is 6.54. The summed E-state index contributed by atoms with van der Waals surface area (Å²) in [5.74, 6) is 1.49. The molecule has 0 aromatic heterocycles. The van der Waals surface area contributed by atoms with Crippen LogP contribution in [0, 0.1) is 0 Å². The molecule has 0 fully saturated rings. The van der Waals surface area contributed by atoms with E-state index in [1.807, 2.05) is 32.9 Å². The van der Waals surface area contributed by atoms with E-state index in [-0.39, 0.29) is 0 Å². The van der Waals surface area contributed by atoms with Crippen LogP contribution in [0.1, 0.15) is 38.8 Å². The van der Waals surface area contributed by atoms with Gasteiger partial charge in [-0.3, -0.25) is 0 Å². The number of benzene rings is 1. The van der Waals surface area contributed by atoms with Gasteiger partial charge in [0.05, 0.1) is 14.1 Å². The third kappa shape index (κ3) is 7.59. The highest BCUT2D eigenvalue weighted by atomic mass is 79.9. The molecule has 0 bridgehead atoms. The Kier molecular flexibility index (Phi) is 10.5. The molecule has 0 N–H and O–H groups in total. The Morgan fingerprint density at radius 1 is 1.16 bits per heavy atom. The number of ether oxygens (including phenoxy) is 2. The van der Waals surface area contributed by atoms with E-state index >= 15 is 0 Å². The second-order valence-electron chi connectivity index (χ2n) is 5.39. The van der Waals surface area contributed by atoms with E-state index in [1.54, 1.807) is 0 Å². The average molecular weight is 498 g/mol. The summed E-state index contributed by atoms with van der Waals surface area (Å²) in [5.41, 5.74) is 2.89. The van der Waals surface area contributed by atoms with Gasteiger partial charge in [-0.05, 0) is 76.3 Å². The number of halogens is 3. The largest absolute Gasteiger partial charge is 0.489 e. The summed E-state index contributed by atoms with van der Waals surface area (Å²) in [4.78, 5) is 5.18. The highest BCUT2D eigenvalue weighted by molar-refractivity contribution is 9.28. The molecule has 0 heterocycles. The molecule has 1 aromatic carbocycles. The minimum atomic E-state index is 0.386. The van der Waals surface area contributed by atoms with Crippen LogP contribution >= 0.6 is 43.5 Å². The molecule has 0 aliphatic carbocycles. The predicted octanol–water partition coefficient (Wildman–Crippen LogP) is 6.27. The smallest absolute Gasteiger partial charge is 0.151 e. The van der Waals surface area contributed by atoms with Crippen molar-refractivity contribution in [1.29, 1.82) is 0 Å². The standard InChI is InChI=1S/C18H24Br2ClNO3/c1-5-13-11-15(23-8-7-16(19)20)17(21)14(6-2)18(13)24-9-10-25-22-12(3)4/h7,11H,5-6,8-10H2,1-4H3. The van der Waals surface area contributed by atoms with Crippen LogP contribution in [0.5, 0.6) is 11.5 Å². The lowest BCUT2D eigenvalue weighted by molar-refractivity contribution is 0.106. The van der Waals surface area contributed by atoms with Crippen LogP contribution in [0.3, 0.4) is 0 Å². The maximum Gasteiger partial charge on any atom is 0.151 e. The van der Waals surface area contributed by atoms with E-state index in [2.05, 4.69) is 43.9 Å². The lowest BCUT2D eigenvalue weighted by atomic mass is 10.0. The van der Waals surface area contributed by atoms with Crippen molar-refractivity contribution < 1.29 is 14.3 Å². The molecule has 0 saturated carbocycles. The van der Waals surface area contributed by atoms with E-state index < -0.39 is 0 Å². The summed E-state index contributed by atoms with van der Waals surface area (Å²) in [6.07, 6.45) is 3.44. The molecule has 0 radical (unpaired) electrons. The number of hydrogen-bond acceptors (Lipinski definition) is 4. The minimum Gasteiger partial charge on any atom is -0.489 e. The fourth-order valence-corrected chi connectivity index (χ4v) is 2.74. The van der Waals surface area contributed by atoms with Gasteiger partial charge in [0.1, 0.15) is 24.7 Å². The van der Waals surface area contributed by atoms with Gasteiger partial charge in [-0.1, -0.05) is 30.6 Å². The predicted molar refractivity (Wildman–Crippen MR) is 112 cm³/mol. The van der Waals surface area contributed by atoms with Gasteiger partial charge in [-0.2, -0.15) is 0 Å². The summed E-state index contributed by atoms with van der Waals surface area (Å²) < 4.78 is 12.6. The lowest BCUT2D eigenvalue weighted by Gasteiger charge is -2.18. The molecule has 0 unspecified atom stereocenters. The van der Waals surface area contributed by atoms with Crippen LogP contribution in [0.25, 0.3) is 0 Å². The number of hydrogen-bond donors (Lipinski definition) is 0. The molecule has 0 atom stereocenters. The van der Waals surface area contributed by atoms with Crippen LogP contribution in [-0.2, 0) is 17.7 Å². The van der Waals surface area contributed by atoms with Crippen LogP contribution in [-0.4, -0.2) is 25.5 Å². The van der Waals surface area contributed by atoms with Gasteiger partial charge in [-0.15, -0.1) is 0 Å². The normalized spacial score (nSPS) is 10.2. The van der Waals surface area contributed by atoms with E-state index in [1.165, 1.54) is 0 Å². The van der Waals surface area contributed by atoms with E-state index in [0.717, 1.165) is 38.8 Å². The van der Waals surface area contributed by atoms with Gasteiger partial charge < -0.3 is 14.3 Å². The molecular weight excluding hydrogens is 473 g/mol. The Labute approximate surface area is 171 Å². The molecule has 140 valence electrons. The molecule has 0 aliphatic heterocycles. The second-order valence-corrected chi connectivity index (χ2v) is 8.54. The summed E-state index contributed by atoms with van der Waals surface area (Å²) in [6, 6.07) is 1.95. The van der Waals surface area contributed by atoms with Gasteiger partial charge in [0.25, 0.3) is 0 Å². The number of aryl methyl sites for hydroxylation is 1. The van der Waals surface area contributed by atoms with Crippen molar-refractivity contribution in [3.8, 4) is 11.5 Å². The van der Waals surface area contributed by atoms with Crippen molar-refractivity contribution in [2.75, 3.05) is 19.8 Å². The topological polar surface area (TPSA) is 40.0 Å². The molecule has 0 amide bonds. The second kappa shape index (κ2) is 11.8. The van der Waals surface area contributed by atoms with Gasteiger partial charge >= 0.3 is 0 Å². The van der Waals surface area contributed by atoms with Crippen molar-refractivity contribution >= 4 is 49.2 Å². The average Bonchev–Trinajstić information content (AvgIpc) is 2.55. The molecule has 0 saturated heterocycles. The zero-order chi connectivity index (χ0) is 18.8.